The molecule has 0 heterocycles. The van der Waals surface area contributed by atoms with E-state index in [0.29, 0.717) is 0 Å². The highest BCUT2D eigenvalue weighted by atomic mass is 16.5. The van der Waals surface area contributed by atoms with Gasteiger partial charge in [0.15, 0.2) is 0 Å². The molecule has 0 aromatic carbocycles. The molecule has 0 aliphatic heterocycles. The van der Waals surface area contributed by atoms with Crippen LogP contribution in [-0.2, 0) is 9.53 Å². The fourth-order valence-corrected chi connectivity index (χ4v) is 0.910. The number of likely N-dealkylation sites (N-methyl/N-ethyl adjacent to an activating group) is 1. The molecule has 0 unspecified atom stereocenters. The predicted molar refractivity (Wildman–Crippen MR) is 48.0 cm³/mol. The molecule has 0 fully saturated rings. The Labute approximate surface area is 73.9 Å². The van der Waals surface area contributed by atoms with Gasteiger partial charge in [0, 0.05) is 0 Å². The van der Waals surface area contributed by atoms with E-state index in [0.717, 1.165) is 13.0 Å². The number of ether oxygens (including phenoxy) is 1. The normalized spacial score (nSPS) is 13.1. The lowest BCUT2D eigenvalue weighted by Crippen LogP contribution is -2.37. The smallest absolute Gasteiger partial charge is 0.322 e. The van der Waals surface area contributed by atoms with Crippen molar-refractivity contribution in [2.24, 2.45) is 0 Å². The first kappa shape index (κ1) is 11.4. The van der Waals surface area contributed by atoms with E-state index in [-0.39, 0.29) is 12.0 Å². The van der Waals surface area contributed by atoms with Gasteiger partial charge in [-0.3, -0.25) is 4.79 Å². The zero-order chi connectivity index (χ0) is 9.56. The van der Waals surface area contributed by atoms with Crippen molar-refractivity contribution >= 4 is 5.97 Å². The molecule has 0 aliphatic carbocycles. The molecule has 0 aromatic heterocycles. The van der Waals surface area contributed by atoms with Gasteiger partial charge in [0.05, 0.1) is 7.11 Å². The lowest BCUT2D eigenvalue weighted by molar-refractivity contribution is -0.143. The van der Waals surface area contributed by atoms with Crippen LogP contribution >= 0.6 is 0 Å². The van der Waals surface area contributed by atoms with Crippen LogP contribution in [0.5, 0.6) is 0 Å². The molecule has 1 N–H and O–H groups in total. The Morgan fingerprint density at radius 1 is 1.58 bits per heavy atom. The fraction of sp³-hybridized carbons (Fsp3) is 0.875. The summed E-state index contributed by atoms with van der Waals surface area (Å²) in [7, 11) is 7.12. The summed E-state index contributed by atoms with van der Waals surface area (Å²) in [5.41, 5.74) is 0. The summed E-state index contributed by atoms with van der Waals surface area (Å²) in [6.45, 7) is 0.876. The highest BCUT2D eigenvalue weighted by molar-refractivity contribution is 5.75. The maximum absolute atomic E-state index is 11.1. The van der Waals surface area contributed by atoms with Gasteiger partial charge in [0.25, 0.3) is 0 Å². The highest BCUT2D eigenvalue weighted by Crippen LogP contribution is 1.94. The van der Waals surface area contributed by atoms with E-state index in [1.807, 2.05) is 19.0 Å². The maximum atomic E-state index is 11.1. The van der Waals surface area contributed by atoms with Crippen molar-refractivity contribution in [3.8, 4) is 0 Å². The molecule has 12 heavy (non-hydrogen) atoms. The molecular weight excluding hydrogens is 156 g/mol. The van der Waals surface area contributed by atoms with E-state index in [2.05, 4.69) is 10.1 Å². The van der Waals surface area contributed by atoms with E-state index >= 15 is 0 Å². The summed E-state index contributed by atoms with van der Waals surface area (Å²) in [5, 5.41) is 2.91. The first-order chi connectivity index (χ1) is 5.61. The quantitative estimate of drug-likeness (QED) is 0.581. The van der Waals surface area contributed by atoms with Gasteiger partial charge in [-0.15, -0.1) is 0 Å². The van der Waals surface area contributed by atoms with E-state index in [9.17, 15) is 4.79 Å². The van der Waals surface area contributed by atoms with Crippen molar-refractivity contribution in [2.75, 3.05) is 34.8 Å². The first-order valence-corrected chi connectivity index (χ1v) is 4.01. The molecule has 0 saturated heterocycles. The van der Waals surface area contributed by atoms with Gasteiger partial charge in [-0.2, -0.15) is 0 Å². The summed E-state index contributed by atoms with van der Waals surface area (Å²) in [6.07, 6.45) is 0.774. The third kappa shape index (κ3) is 4.31. The summed E-state index contributed by atoms with van der Waals surface area (Å²) in [4.78, 5) is 13.1. The van der Waals surface area contributed by atoms with Crippen LogP contribution in [0.15, 0.2) is 0 Å². The number of nitrogens with zero attached hydrogens (tertiary/aromatic N) is 1. The first-order valence-electron chi connectivity index (χ1n) is 4.01. The Morgan fingerprint density at radius 3 is 2.50 bits per heavy atom. The van der Waals surface area contributed by atoms with Crippen LogP contribution in [0.3, 0.4) is 0 Å². The number of nitrogens with one attached hydrogen (secondary N) is 1. The average Bonchev–Trinajstić information content (AvgIpc) is 2.04. The minimum Gasteiger partial charge on any atom is -0.468 e. The van der Waals surface area contributed by atoms with E-state index in [1.165, 1.54) is 7.11 Å². The molecule has 0 aromatic rings. The molecule has 0 radical (unpaired) electrons. The number of esters is 1. The van der Waals surface area contributed by atoms with Crippen molar-refractivity contribution in [3.05, 3.63) is 0 Å². The van der Waals surface area contributed by atoms with Crippen molar-refractivity contribution < 1.29 is 9.53 Å². The van der Waals surface area contributed by atoms with Gasteiger partial charge in [-0.25, -0.2) is 0 Å². The monoisotopic (exact) mass is 174 g/mol. The Morgan fingerprint density at radius 2 is 2.17 bits per heavy atom. The second kappa shape index (κ2) is 5.97. The maximum Gasteiger partial charge on any atom is 0.322 e. The lowest BCUT2D eigenvalue weighted by atomic mass is 10.2. The molecule has 4 heteroatoms. The molecule has 1 atom stereocenters. The second-order valence-corrected chi connectivity index (χ2v) is 2.96. The SMILES string of the molecule is CN[C@@H](CCN(C)C)C(=O)OC. The number of methoxy groups -OCH3 is 1. The van der Waals surface area contributed by atoms with Gasteiger partial charge >= 0.3 is 5.97 Å². The van der Waals surface area contributed by atoms with Crippen molar-refractivity contribution in [1.82, 2.24) is 10.2 Å². The number of hydrogen-bond donors (Lipinski definition) is 1. The minimum absolute atomic E-state index is 0.183. The van der Waals surface area contributed by atoms with Gasteiger partial charge in [0.1, 0.15) is 6.04 Å². The van der Waals surface area contributed by atoms with Gasteiger partial charge in [-0.05, 0) is 34.1 Å². The second-order valence-electron chi connectivity index (χ2n) is 2.96. The largest absolute Gasteiger partial charge is 0.468 e. The summed E-state index contributed by atoms with van der Waals surface area (Å²) in [5.74, 6) is -0.195. The number of rotatable bonds is 5. The van der Waals surface area contributed by atoms with Crippen LogP contribution in [0.2, 0.25) is 0 Å². The predicted octanol–water partition coefficient (Wildman–Crippen LogP) is -0.301. The topological polar surface area (TPSA) is 41.6 Å². The Hall–Kier alpha value is -0.610. The van der Waals surface area contributed by atoms with Gasteiger partial charge in [0.2, 0.25) is 0 Å². The Bertz CT molecular complexity index is 137. The minimum atomic E-state index is -0.195. The molecular formula is C8H18N2O2. The fourth-order valence-electron chi connectivity index (χ4n) is 0.910. The number of carbonyl (C=O) groups is 1. The molecule has 72 valence electrons. The standard InChI is InChI=1S/C8H18N2O2/c1-9-7(8(11)12-4)5-6-10(2)3/h7,9H,5-6H2,1-4H3/t7-/m0/s1. The van der Waals surface area contributed by atoms with E-state index in [1.54, 1.807) is 7.05 Å². The van der Waals surface area contributed by atoms with Crippen LogP contribution in [0, 0.1) is 0 Å². The van der Waals surface area contributed by atoms with Crippen LogP contribution in [0.4, 0.5) is 0 Å². The van der Waals surface area contributed by atoms with Crippen molar-refractivity contribution in [1.29, 1.82) is 0 Å². The Balaban J connectivity index is 3.75. The van der Waals surface area contributed by atoms with E-state index in [4.69, 9.17) is 0 Å². The van der Waals surface area contributed by atoms with E-state index < -0.39 is 0 Å². The molecule has 0 spiro atoms. The molecule has 0 amide bonds. The zero-order valence-electron chi connectivity index (χ0n) is 8.26. The number of carbonyl (C=O) groups excluding carboxylic acids is 1. The van der Waals surface area contributed by atoms with Crippen molar-refractivity contribution in [3.63, 3.8) is 0 Å². The highest BCUT2D eigenvalue weighted by Gasteiger charge is 2.15. The number of hydrogen-bond acceptors (Lipinski definition) is 4. The van der Waals surface area contributed by atoms with Gasteiger partial charge in [-0.1, -0.05) is 0 Å². The lowest BCUT2D eigenvalue weighted by Gasteiger charge is -2.16. The molecule has 4 nitrogen and oxygen atoms in total. The summed E-state index contributed by atoms with van der Waals surface area (Å²) in [6, 6.07) is -0.183. The van der Waals surface area contributed by atoms with Crippen molar-refractivity contribution in [2.45, 2.75) is 12.5 Å². The van der Waals surface area contributed by atoms with Crippen LogP contribution in [0.1, 0.15) is 6.42 Å². The molecule has 0 bridgehead atoms. The summed E-state index contributed by atoms with van der Waals surface area (Å²) >= 11 is 0. The molecule has 0 saturated carbocycles. The molecule has 0 rings (SSSR count). The third-order valence-electron chi connectivity index (χ3n) is 1.70. The average molecular weight is 174 g/mol. The van der Waals surface area contributed by atoms with Crippen LogP contribution < -0.4 is 5.32 Å². The Kier molecular flexibility index (Phi) is 5.66. The third-order valence-corrected chi connectivity index (χ3v) is 1.70. The zero-order valence-corrected chi connectivity index (χ0v) is 8.26. The van der Waals surface area contributed by atoms with Crippen LogP contribution in [-0.4, -0.2) is 51.7 Å². The van der Waals surface area contributed by atoms with Crippen LogP contribution in [0.25, 0.3) is 0 Å². The summed E-state index contributed by atoms with van der Waals surface area (Å²) < 4.78 is 4.62. The molecule has 0 aliphatic rings. The van der Waals surface area contributed by atoms with Gasteiger partial charge < -0.3 is 15.0 Å².